The molecule has 1 unspecified atom stereocenters. The Morgan fingerprint density at radius 2 is 1.97 bits per heavy atom. The van der Waals surface area contributed by atoms with Crippen molar-refractivity contribution in [3.8, 4) is 0 Å². The Morgan fingerprint density at radius 3 is 2.60 bits per heavy atom. The van der Waals surface area contributed by atoms with Crippen LogP contribution in [0.3, 0.4) is 0 Å². The zero-order valence-corrected chi connectivity index (χ0v) is 17.8. The first kappa shape index (κ1) is 20.3. The lowest BCUT2D eigenvalue weighted by Gasteiger charge is -2.28. The summed E-state index contributed by atoms with van der Waals surface area (Å²) in [6.45, 7) is 3.76. The van der Waals surface area contributed by atoms with Crippen LogP contribution < -0.4 is 5.32 Å². The van der Waals surface area contributed by atoms with Gasteiger partial charge in [-0.25, -0.2) is 14.8 Å². The van der Waals surface area contributed by atoms with E-state index in [2.05, 4.69) is 15.3 Å². The first-order valence-electron chi connectivity index (χ1n) is 9.10. The number of hydrogen-bond donors (Lipinski definition) is 1. The van der Waals surface area contributed by atoms with Crippen LogP contribution in [-0.4, -0.2) is 38.2 Å². The number of ether oxygens (including phenoxy) is 1. The predicted octanol–water partition coefficient (Wildman–Crippen LogP) is 4.24. The largest absolute Gasteiger partial charge is 0.426 e. The van der Waals surface area contributed by atoms with Crippen LogP contribution in [0, 0.1) is 0 Å². The van der Waals surface area contributed by atoms with E-state index in [9.17, 15) is 9.59 Å². The highest BCUT2D eigenvalue weighted by Gasteiger charge is 2.43. The number of amides is 2. The van der Waals surface area contributed by atoms with Crippen molar-refractivity contribution in [2.75, 3.05) is 5.32 Å². The lowest BCUT2D eigenvalue weighted by Crippen LogP contribution is -2.43. The van der Waals surface area contributed by atoms with Crippen LogP contribution in [-0.2, 0) is 9.53 Å². The van der Waals surface area contributed by atoms with E-state index in [1.165, 1.54) is 22.1 Å². The molecule has 30 heavy (non-hydrogen) atoms. The molecule has 7 nitrogen and oxygen atoms in total. The minimum atomic E-state index is -0.772. The van der Waals surface area contributed by atoms with Crippen molar-refractivity contribution in [3.63, 3.8) is 0 Å². The Labute approximate surface area is 182 Å². The molecular formula is C21H18ClN4O3S+. The topological polar surface area (TPSA) is 84.2 Å². The summed E-state index contributed by atoms with van der Waals surface area (Å²) in [5.41, 5.74) is 2.52. The SMILES string of the molecule is CC1(C)C=[N+](c2ccc(NC(=O)c3cscn3)nc2)C(=O)C(c2ccc(Cl)cc2)O1. The first-order chi connectivity index (χ1) is 14.3. The molecule has 0 bridgehead atoms. The number of anilines is 1. The summed E-state index contributed by atoms with van der Waals surface area (Å²) in [6, 6.07) is 10.4. The molecule has 0 spiro atoms. The second kappa shape index (κ2) is 8.06. The quantitative estimate of drug-likeness (QED) is 0.612. The molecule has 0 fully saturated rings. The molecular weight excluding hydrogens is 424 g/mol. The van der Waals surface area contributed by atoms with Gasteiger partial charge in [0.2, 0.25) is 11.8 Å². The third-order valence-electron chi connectivity index (χ3n) is 4.43. The summed E-state index contributed by atoms with van der Waals surface area (Å²) in [7, 11) is 0. The summed E-state index contributed by atoms with van der Waals surface area (Å²) >= 11 is 7.31. The number of carbonyl (C=O) groups is 2. The van der Waals surface area contributed by atoms with Gasteiger partial charge in [-0.15, -0.1) is 15.9 Å². The van der Waals surface area contributed by atoms with E-state index >= 15 is 0 Å². The van der Waals surface area contributed by atoms with Gasteiger partial charge >= 0.3 is 5.91 Å². The van der Waals surface area contributed by atoms with E-state index < -0.39 is 11.7 Å². The molecule has 0 radical (unpaired) electrons. The molecule has 1 aromatic carbocycles. The van der Waals surface area contributed by atoms with Crippen LogP contribution in [0.25, 0.3) is 0 Å². The van der Waals surface area contributed by atoms with Gasteiger partial charge in [0, 0.05) is 16.5 Å². The molecule has 2 aromatic heterocycles. The van der Waals surface area contributed by atoms with Crippen molar-refractivity contribution in [1.82, 2.24) is 9.97 Å². The predicted molar refractivity (Wildman–Crippen MR) is 115 cm³/mol. The summed E-state index contributed by atoms with van der Waals surface area (Å²) in [4.78, 5) is 33.5. The molecule has 1 aliphatic rings. The van der Waals surface area contributed by atoms with Crippen molar-refractivity contribution in [2.45, 2.75) is 25.6 Å². The lowest BCUT2D eigenvalue weighted by atomic mass is 10.0. The molecule has 1 N–H and O–H groups in total. The molecule has 3 aromatic rings. The normalized spacial score (nSPS) is 18.0. The van der Waals surface area contributed by atoms with E-state index in [0.717, 1.165) is 5.56 Å². The summed E-state index contributed by atoms with van der Waals surface area (Å²) in [6.07, 6.45) is 2.48. The smallest absolute Gasteiger partial charge is 0.342 e. The molecule has 1 atom stereocenters. The number of pyridine rings is 1. The standard InChI is InChI=1S/C21H17ClN4O3S/c1-21(2)11-26(20(28)18(29-21)13-3-5-14(22)6-4-13)15-7-8-17(23-9-15)25-19(27)16-10-30-12-24-16/h3-12,18H,1-2H3/p+1. The monoisotopic (exact) mass is 441 g/mol. The Kier molecular flexibility index (Phi) is 5.46. The van der Waals surface area contributed by atoms with Crippen LogP contribution in [0.4, 0.5) is 11.5 Å². The number of nitrogens with one attached hydrogen (secondary N) is 1. The molecule has 4 rings (SSSR count). The van der Waals surface area contributed by atoms with Crippen LogP contribution in [0.15, 0.2) is 53.5 Å². The van der Waals surface area contributed by atoms with Gasteiger partial charge in [-0.05, 0) is 37.6 Å². The van der Waals surface area contributed by atoms with Gasteiger partial charge in [0.25, 0.3) is 5.91 Å². The van der Waals surface area contributed by atoms with Crippen LogP contribution >= 0.6 is 22.9 Å². The highest BCUT2D eigenvalue weighted by molar-refractivity contribution is 7.07. The second-order valence-electron chi connectivity index (χ2n) is 7.22. The van der Waals surface area contributed by atoms with Crippen molar-refractivity contribution in [1.29, 1.82) is 0 Å². The van der Waals surface area contributed by atoms with Gasteiger partial charge in [-0.3, -0.25) is 4.79 Å². The van der Waals surface area contributed by atoms with Gasteiger partial charge in [0.05, 0.1) is 5.51 Å². The van der Waals surface area contributed by atoms with E-state index in [4.69, 9.17) is 16.3 Å². The first-order valence-corrected chi connectivity index (χ1v) is 10.4. The minimum Gasteiger partial charge on any atom is -0.342 e. The van der Waals surface area contributed by atoms with Gasteiger partial charge in [-0.1, -0.05) is 23.7 Å². The Hall–Kier alpha value is -2.94. The number of benzene rings is 1. The van der Waals surface area contributed by atoms with Gasteiger partial charge in [0.15, 0.2) is 6.21 Å². The highest BCUT2D eigenvalue weighted by atomic mass is 35.5. The molecule has 0 saturated carbocycles. The van der Waals surface area contributed by atoms with Crippen LogP contribution in [0.1, 0.15) is 36.0 Å². The molecule has 3 heterocycles. The fourth-order valence-corrected chi connectivity index (χ4v) is 3.70. The van der Waals surface area contributed by atoms with Crippen LogP contribution in [0.2, 0.25) is 5.02 Å². The van der Waals surface area contributed by atoms with E-state index in [-0.39, 0.29) is 11.8 Å². The van der Waals surface area contributed by atoms with Crippen LogP contribution in [0.5, 0.6) is 0 Å². The van der Waals surface area contributed by atoms with Crippen molar-refractivity contribution in [3.05, 3.63) is 69.8 Å². The Balaban J connectivity index is 1.58. The number of hydrogen-bond acceptors (Lipinski definition) is 6. The second-order valence-corrected chi connectivity index (χ2v) is 8.37. The number of carbonyl (C=O) groups excluding carboxylic acids is 2. The molecule has 9 heteroatoms. The molecule has 2 amide bonds. The van der Waals surface area contributed by atoms with Gasteiger partial charge in [0.1, 0.15) is 23.3 Å². The Bertz CT molecular complexity index is 1110. The molecule has 0 saturated heterocycles. The van der Waals surface area contributed by atoms with E-state index in [1.807, 2.05) is 13.8 Å². The van der Waals surface area contributed by atoms with Crippen molar-refractivity contribution in [2.24, 2.45) is 0 Å². The zero-order valence-electron chi connectivity index (χ0n) is 16.2. The average molecular weight is 442 g/mol. The molecule has 152 valence electrons. The van der Waals surface area contributed by atoms with Crippen molar-refractivity contribution >= 4 is 52.5 Å². The fraction of sp³-hybridized carbons (Fsp3) is 0.190. The van der Waals surface area contributed by atoms with E-state index in [1.54, 1.807) is 53.5 Å². The number of halogens is 1. The zero-order chi connectivity index (χ0) is 21.3. The van der Waals surface area contributed by atoms with Gasteiger partial charge < -0.3 is 10.1 Å². The average Bonchev–Trinajstić information content (AvgIpc) is 3.26. The number of aromatic nitrogens is 2. The van der Waals surface area contributed by atoms with Gasteiger partial charge in [-0.2, -0.15) is 0 Å². The summed E-state index contributed by atoms with van der Waals surface area (Å²) in [5.74, 6) is -0.210. The van der Waals surface area contributed by atoms with E-state index in [0.29, 0.717) is 22.2 Å². The maximum absolute atomic E-state index is 13.1. The number of thiazole rings is 1. The maximum atomic E-state index is 13.1. The summed E-state index contributed by atoms with van der Waals surface area (Å²) < 4.78 is 7.54. The maximum Gasteiger partial charge on any atom is 0.426 e. The number of rotatable bonds is 4. The number of nitrogens with zero attached hydrogens (tertiary/aromatic N) is 3. The minimum absolute atomic E-state index is 0.238. The van der Waals surface area contributed by atoms with Crippen molar-refractivity contribution < 1.29 is 18.9 Å². The lowest BCUT2D eigenvalue weighted by molar-refractivity contribution is -0.391. The molecule has 1 aliphatic heterocycles. The summed E-state index contributed by atoms with van der Waals surface area (Å²) in [5, 5.41) is 4.93. The Morgan fingerprint density at radius 1 is 1.20 bits per heavy atom. The third kappa shape index (κ3) is 4.30. The molecule has 0 aliphatic carbocycles. The fourth-order valence-electron chi connectivity index (χ4n) is 3.04. The highest BCUT2D eigenvalue weighted by Crippen LogP contribution is 2.31. The third-order valence-corrected chi connectivity index (χ3v) is 5.27.